The normalized spacial score (nSPS) is 28.7. The van der Waals surface area contributed by atoms with Crippen LogP contribution in [0.4, 0.5) is 5.69 Å². The zero-order valence-corrected chi connectivity index (χ0v) is 10.7. The van der Waals surface area contributed by atoms with E-state index >= 15 is 0 Å². The third kappa shape index (κ3) is 1.99. The molecule has 5 heteroatoms. The molecule has 3 atom stereocenters. The molecule has 2 aliphatic rings. The minimum absolute atomic E-state index is 0.650. The average Bonchev–Trinajstić information content (AvgIpc) is 3.17. The highest BCUT2D eigenvalue weighted by Gasteiger charge is 2.39. The first kappa shape index (κ1) is 11.0. The van der Waals surface area contributed by atoms with Gasteiger partial charge >= 0.3 is 0 Å². The van der Waals surface area contributed by atoms with Gasteiger partial charge in [0.25, 0.3) is 0 Å². The van der Waals surface area contributed by atoms with Gasteiger partial charge in [0, 0.05) is 17.3 Å². The predicted octanol–water partition coefficient (Wildman–Crippen LogP) is 2.47. The van der Waals surface area contributed by atoms with Crippen molar-refractivity contribution in [1.29, 1.82) is 0 Å². The second-order valence-corrected chi connectivity index (χ2v) is 5.74. The van der Waals surface area contributed by atoms with E-state index in [4.69, 9.17) is 0 Å². The van der Waals surface area contributed by atoms with Crippen molar-refractivity contribution < 1.29 is 0 Å². The molecule has 2 aromatic rings. The molecule has 1 heterocycles. The number of anilines is 1. The molecule has 3 unspecified atom stereocenters. The number of aromatic nitrogens is 4. The first-order chi connectivity index (χ1) is 9.38. The number of H-pyrrole nitrogens is 1. The fraction of sp³-hybridized carbons (Fsp3) is 0.500. The number of hydrogen-bond donors (Lipinski definition) is 2. The highest BCUT2D eigenvalue weighted by atomic mass is 15.5. The topological polar surface area (TPSA) is 66.5 Å². The van der Waals surface area contributed by atoms with Gasteiger partial charge in [0.2, 0.25) is 5.82 Å². The van der Waals surface area contributed by atoms with Crippen molar-refractivity contribution in [3.05, 3.63) is 24.3 Å². The van der Waals surface area contributed by atoms with Gasteiger partial charge in [0.05, 0.1) is 0 Å². The van der Waals surface area contributed by atoms with Crippen molar-refractivity contribution in [3.8, 4) is 11.4 Å². The summed E-state index contributed by atoms with van der Waals surface area (Å²) in [7, 11) is 0. The summed E-state index contributed by atoms with van der Waals surface area (Å²) in [4.78, 5) is 0. The summed E-state index contributed by atoms with van der Waals surface area (Å²) in [5.74, 6) is 2.48. The van der Waals surface area contributed by atoms with E-state index in [0.29, 0.717) is 11.9 Å². The highest BCUT2D eigenvalue weighted by Crippen LogP contribution is 2.45. The molecule has 0 amide bonds. The summed E-state index contributed by atoms with van der Waals surface area (Å²) in [6.45, 7) is 0. The van der Waals surface area contributed by atoms with Crippen molar-refractivity contribution in [1.82, 2.24) is 20.6 Å². The molecule has 2 bridgehead atoms. The van der Waals surface area contributed by atoms with E-state index in [0.717, 1.165) is 17.4 Å². The quantitative estimate of drug-likeness (QED) is 0.884. The number of aromatic amines is 1. The molecule has 0 saturated heterocycles. The van der Waals surface area contributed by atoms with Crippen LogP contribution in [0.15, 0.2) is 24.3 Å². The van der Waals surface area contributed by atoms with Gasteiger partial charge in [-0.2, -0.15) is 5.21 Å². The monoisotopic (exact) mass is 255 g/mol. The van der Waals surface area contributed by atoms with Crippen LogP contribution in [0.2, 0.25) is 0 Å². The summed E-state index contributed by atoms with van der Waals surface area (Å²) in [6.07, 6.45) is 5.58. The van der Waals surface area contributed by atoms with Crippen molar-refractivity contribution in [3.63, 3.8) is 0 Å². The molecule has 2 N–H and O–H groups in total. The summed E-state index contributed by atoms with van der Waals surface area (Å²) >= 11 is 0. The molecule has 2 saturated carbocycles. The number of hydrogen-bond acceptors (Lipinski definition) is 4. The number of nitrogens with one attached hydrogen (secondary N) is 2. The maximum atomic E-state index is 4.02. The van der Waals surface area contributed by atoms with Crippen molar-refractivity contribution in [2.75, 3.05) is 5.32 Å². The predicted molar refractivity (Wildman–Crippen MR) is 72.5 cm³/mol. The van der Waals surface area contributed by atoms with Gasteiger partial charge in [-0.3, -0.25) is 0 Å². The van der Waals surface area contributed by atoms with Gasteiger partial charge in [-0.25, -0.2) is 0 Å². The number of rotatable bonds is 3. The Morgan fingerprint density at radius 2 is 2.21 bits per heavy atom. The van der Waals surface area contributed by atoms with Crippen LogP contribution < -0.4 is 5.32 Å². The third-order valence-corrected chi connectivity index (χ3v) is 4.56. The van der Waals surface area contributed by atoms with E-state index in [1.54, 1.807) is 0 Å². The lowest BCUT2D eigenvalue weighted by Gasteiger charge is -2.24. The standard InChI is InChI=1S/C14H17N5/c1-2-11(14-16-18-19-17-14)8-12(3-1)15-13-7-9-4-5-10(13)6-9/h1-3,8-10,13,15H,4-7H2,(H,16,17,18,19). The van der Waals surface area contributed by atoms with Crippen LogP contribution in [0, 0.1) is 11.8 Å². The van der Waals surface area contributed by atoms with Crippen LogP contribution in [0.5, 0.6) is 0 Å². The van der Waals surface area contributed by atoms with Crippen LogP contribution in [0.1, 0.15) is 25.7 Å². The molecule has 5 nitrogen and oxygen atoms in total. The van der Waals surface area contributed by atoms with Crippen LogP contribution >= 0.6 is 0 Å². The van der Waals surface area contributed by atoms with Gasteiger partial charge in [0.15, 0.2) is 0 Å². The van der Waals surface area contributed by atoms with Crippen LogP contribution in [-0.2, 0) is 0 Å². The summed E-state index contributed by atoms with van der Waals surface area (Å²) in [6, 6.07) is 8.93. The molecule has 0 aliphatic heterocycles. The van der Waals surface area contributed by atoms with Gasteiger partial charge in [-0.1, -0.05) is 18.6 Å². The molecule has 0 radical (unpaired) electrons. The van der Waals surface area contributed by atoms with Crippen LogP contribution in [0.25, 0.3) is 11.4 Å². The zero-order valence-electron chi connectivity index (χ0n) is 10.7. The Labute approximate surface area is 111 Å². The van der Waals surface area contributed by atoms with Crippen molar-refractivity contribution >= 4 is 5.69 Å². The Morgan fingerprint density at radius 1 is 1.21 bits per heavy atom. The third-order valence-electron chi connectivity index (χ3n) is 4.56. The van der Waals surface area contributed by atoms with E-state index in [9.17, 15) is 0 Å². The SMILES string of the molecule is c1cc(NC2CC3CCC2C3)cc(-c2nn[nH]n2)c1. The lowest BCUT2D eigenvalue weighted by molar-refractivity contribution is 0.440. The second kappa shape index (κ2) is 4.33. The average molecular weight is 255 g/mol. The van der Waals surface area contributed by atoms with E-state index < -0.39 is 0 Å². The molecule has 98 valence electrons. The Bertz CT molecular complexity index is 565. The van der Waals surface area contributed by atoms with Gasteiger partial charge in [0.1, 0.15) is 0 Å². The molecule has 19 heavy (non-hydrogen) atoms. The lowest BCUT2D eigenvalue weighted by Crippen LogP contribution is -2.25. The van der Waals surface area contributed by atoms with E-state index in [1.165, 1.54) is 31.4 Å². The summed E-state index contributed by atoms with van der Waals surface area (Å²) in [5.41, 5.74) is 2.17. The fourth-order valence-corrected chi connectivity index (χ4v) is 3.67. The largest absolute Gasteiger partial charge is 0.382 e. The highest BCUT2D eigenvalue weighted by molar-refractivity contribution is 5.62. The molecule has 1 aromatic carbocycles. The number of tetrazole rings is 1. The number of benzene rings is 1. The van der Waals surface area contributed by atoms with Crippen molar-refractivity contribution in [2.45, 2.75) is 31.7 Å². The van der Waals surface area contributed by atoms with E-state index in [-0.39, 0.29) is 0 Å². The van der Waals surface area contributed by atoms with E-state index in [1.807, 2.05) is 12.1 Å². The van der Waals surface area contributed by atoms with Crippen molar-refractivity contribution in [2.24, 2.45) is 11.8 Å². The molecular weight excluding hydrogens is 238 g/mol. The minimum Gasteiger partial charge on any atom is -0.382 e. The van der Waals surface area contributed by atoms with E-state index in [2.05, 4.69) is 38.1 Å². The molecule has 1 aromatic heterocycles. The lowest BCUT2D eigenvalue weighted by atomic mass is 9.95. The van der Waals surface area contributed by atoms with Gasteiger partial charge in [-0.15, -0.1) is 10.2 Å². The molecular formula is C14H17N5. The smallest absolute Gasteiger partial charge is 0.204 e. The summed E-state index contributed by atoms with van der Waals surface area (Å²) < 4.78 is 0. The minimum atomic E-state index is 0.650. The molecule has 0 spiro atoms. The number of fused-ring (bicyclic) bond motifs is 2. The second-order valence-electron chi connectivity index (χ2n) is 5.74. The fourth-order valence-electron chi connectivity index (χ4n) is 3.67. The number of nitrogens with zero attached hydrogens (tertiary/aromatic N) is 3. The van der Waals surface area contributed by atoms with Crippen LogP contribution in [-0.4, -0.2) is 26.7 Å². The first-order valence-corrected chi connectivity index (χ1v) is 6.99. The molecule has 2 fully saturated rings. The van der Waals surface area contributed by atoms with Gasteiger partial charge < -0.3 is 5.32 Å². The zero-order chi connectivity index (χ0) is 12.7. The van der Waals surface area contributed by atoms with Crippen LogP contribution in [0.3, 0.4) is 0 Å². The Balaban J connectivity index is 1.54. The maximum Gasteiger partial charge on any atom is 0.204 e. The molecule has 2 aliphatic carbocycles. The maximum absolute atomic E-state index is 4.02. The Morgan fingerprint density at radius 3 is 2.95 bits per heavy atom. The first-order valence-electron chi connectivity index (χ1n) is 6.99. The summed E-state index contributed by atoms with van der Waals surface area (Å²) in [5, 5.41) is 17.8. The molecule has 4 rings (SSSR count). The van der Waals surface area contributed by atoms with Gasteiger partial charge in [-0.05, 0) is 48.4 Å². The Hall–Kier alpha value is -1.91. The Kier molecular flexibility index (Phi) is 2.50.